The normalized spacial score (nSPS) is 22.9. The molecule has 1 aromatic carbocycles. The predicted molar refractivity (Wildman–Crippen MR) is 78.5 cm³/mol. The number of nitrogens with two attached hydrogens (primary N) is 1. The second-order valence-electron chi connectivity index (χ2n) is 4.95. The van der Waals surface area contributed by atoms with Gasteiger partial charge in [-0.1, -0.05) is 18.0 Å². The molecular formula is C13H19ClN2O3S. The van der Waals surface area contributed by atoms with E-state index in [-0.39, 0.29) is 22.6 Å². The molecule has 2 rings (SSSR count). The molecule has 0 aromatic heterocycles. The van der Waals surface area contributed by atoms with Crippen molar-refractivity contribution in [3.8, 4) is 5.75 Å². The van der Waals surface area contributed by atoms with Gasteiger partial charge in [0.2, 0.25) is 10.0 Å². The SMILES string of the molecule is COc1ccc(Cl)cc1S(=O)(=O)NC1CCCC1CN. The molecule has 0 bridgehead atoms. The van der Waals surface area contributed by atoms with Gasteiger partial charge in [0.25, 0.3) is 0 Å². The molecule has 2 unspecified atom stereocenters. The lowest BCUT2D eigenvalue weighted by molar-refractivity contribution is 0.400. The van der Waals surface area contributed by atoms with Gasteiger partial charge < -0.3 is 10.5 Å². The van der Waals surface area contributed by atoms with E-state index in [2.05, 4.69) is 4.72 Å². The van der Waals surface area contributed by atoms with E-state index in [1.54, 1.807) is 12.1 Å². The molecule has 1 aliphatic rings. The molecular weight excluding hydrogens is 300 g/mol. The van der Waals surface area contributed by atoms with Crippen LogP contribution >= 0.6 is 11.6 Å². The Kier molecular flexibility index (Phi) is 4.90. The van der Waals surface area contributed by atoms with E-state index < -0.39 is 10.0 Å². The maximum absolute atomic E-state index is 12.5. The number of rotatable bonds is 5. The van der Waals surface area contributed by atoms with E-state index in [0.29, 0.717) is 11.6 Å². The molecule has 7 heteroatoms. The Labute approximate surface area is 124 Å². The number of benzene rings is 1. The molecule has 2 atom stereocenters. The minimum atomic E-state index is -3.67. The van der Waals surface area contributed by atoms with Crippen molar-refractivity contribution in [1.29, 1.82) is 0 Å². The van der Waals surface area contributed by atoms with Crippen LogP contribution in [0.2, 0.25) is 5.02 Å². The zero-order valence-electron chi connectivity index (χ0n) is 11.3. The highest BCUT2D eigenvalue weighted by atomic mass is 35.5. The van der Waals surface area contributed by atoms with E-state index in [0.717, 1.165) is 19.3 Å². The van der Waals surface area contributed by atoms with Crippen LogP contribution in [0, 0.1) is 5.92 Å². The van der Waals surface area contributed by atoms with Crippen molar-refractivity contribution >= 4 is 21.6 Å². The highest BCUT2D eigenvalue weighted by molar-refractivity contribution is 7.89. The van der Waals surface area contributed by atoms with Gasteiger partial charge >= 0.3 is 0 Å². The van der Waals surface area contributed by atoms with Gasteiger partial charge in [0, 0.05) is 11.1 Å². The number of nitrogens with one attached hydrogen (secondary N) is 1. The zero-order chi connectivity index (χ0) is 14.8. The predicted octanol–water partition coefficient (Wildman–Crippen LogP) is 1.75. The third-order valence-corrected chi connectivity index (χ3v) is 5.43. The van der Waals surface area contributed by atoms with Crippen molar-refractivity contribution in [2.24, 2.45) is 11.7 Å². The molecule has 1 aliphatic carbocycles. The smallest absolute Gasteiger partial charge is 0.244 e. The summed E-state index contributed by atoms with van der Waals surface area (Å²) in [4.78, 5) is 0.0650. The van der Waals surface area contributed by atoms with Crippen LogP contribution in [0.1, 0.15) is 19.3 Å². The van der Waals surface area contributed by atoms with E-state index >= 15 is 0 Å². The second-order valence-corrected chi connectivity index (χ2v) is 7.07. The molecule has 0 heterocycles. The van der Waals surface area contributed by atoms with E-state index in [4.69, 9.17) is 22.1 Å². The maximum Gasteiger partial charge on any atom is 0.244 e. The lowest BCUT2D eigenvalue weighted by Gasteiger charge is -2.20. The molecule has 5 nitrogen and oxygen atoms in total. The van der Waals surface area contributed by atoms with E-state index in [1.807, 2.05) is 0 Å². The molecule has 3 N–H and O–H groups in total. The topological polar surface area (TPSA) is 81.4 Å². The molecule has 112 valence electrons. The average molecular weight is 319 g/mol. The second kappa shape index (κ2) is 6.30. The summed E-state index contributed by atoms with van der Waals surface area (Å²) < 4.78 is 32.8. The summed E-state index contributed by atoms with van der Waals surface area (Å²) in [6.07, 6.45) is 2.75. The molecule has 0 amide bonds. The fourth-order valence-electron chi connectivity index (χ4n) is 2.60. The van der Waals surface area contributed by atoms with Crippen LogP contribution in [-0.2, 0) is 10.0 Å². The molecule has 1 saturated carbocycles. The van der Waals surface area contributed by atoms with Crippen LogP contribution in [0.15, 0.2) is 23.1 Å². The fourth-order valence-corrected chi connectivity index (χ4v) is 4.37. The summed E-state index contributed by atoms with van der Waals surface area (Å²) in [6.45, 7) is 0.486. The van der Waals surface area contributed by atoms with Crippen molar-refractivity contribution in [2.45, 2.75) is 30.2 Å². The lowest BCUT2D eigenvalue weighted by Crippen LogP contribution is -2.39. The van der Waals surface area contributed by atoms with Crippen molar-refractivity contribution in [3.05, 3.63) is 23.2 Å². The Bertz CT molecular complexity index is 577. The van der Waals surface area contributed by atoms with Gasteiger partial charge in [0.05, 0.1) is 7.11 Å². The summed E-state index contributed by atoms with van der Waals surface area (Å²) in [5.41, 5.74) is 5.68. The minimum absolute atomic E-state index is 0.0650. The molecule has 0 spiro atoms. The van der Waals surface area contributed by atoms with Crippen LogP contribution < -0.4 is 15.2 Å². The monoisotopic (exact) mass is 318 g/mol. The molecule has 0 saturated heterocycles. The highest BCUT2D eigenvalue weighted by Crippen LogP contribution is 2.30. The van der Waals surface area contributed by atoms with Crippen LogP contribution in [-0.4, -0.2) is 28.1 Å². The Hall–Kier alpha value is -0.820. The minimum Gasteiger partial charge on any atom is -0.495 e. The summed E-state index contributed by atoms with van der Waals surface area (Å²) in [7, 11) is -2.24. The van der Waals surface area contributed by atoms with E-state index in [1.165, 1.54) is 13.2 Å². The lowest BCUT2D eigenvalue weighted by atomic mass is 10.1. The van der Waals surface area contributed by atoms with Gasteiger partial charge in [-0.2, -0.15) is 0 Å². The summed E-state index contributed by atoms with van der Waals surface area (Å²) in [5, 5.41) is 0.355. The van der Waals surface area contributed by atoms with Crippen molar-refractivity contribution in [2.75, 3.05) is 13.7 Å². The number of ether oxygens (including phenoxy) is 1. The zero-order valence-corrected chi connectivity index (χ0v) is 12.9. The first-order valence-electron chi connectivity index (χ1n) is 6.54. The molecule has 0 radical (unpaired) electrons. The van der Waals surface area contributed by atoms with Crippen molar-refractivity contribution in [3.63, 3.8) is 0 Å². The first kappa shape index (κ1) is 15.6. The Balaban J connectivity index is 2.28. The quantitative estimate of drug-likeness (QED) is 0.866. The number of hydrogen-bond acceptors (Lipinski definition) is 4. The average Bonchev–Trinajstić information content (AvgIpc) is 2.85. The number of methoxy groups -OCH3 is 1. The summed E-state index contributed by atoms with van der Waals surface area (Å²) >= 11 is 5.88. The van der Waals surface area contributed by atoms with Gasteiger partial charge in [-0.3, -0.25) is 0 Å². The standard InChI is InChI=1S/C13H19ClN2O3S/c1-19-12-6-5-10(14)7-13(12)20(17,18)16-11-4-2-3-9(11)8-15/h5-7,9,11,16H,2-4,8,15H2,1H3. The van der Waals surface area contributed by atoms with Gasteiger partial charge in [0.1, 0.15) is 10.6 Å². The first-order valence-corrected chi connectivity index (χ1v) is 8.40. The maximum atomic E-state index is 12.5. The Morgan fingerprint density at radius 1 is 1.45 bits per heavy atom. The van der Waals surface area contributed by atoms with E-state index in [9.17, 15) is 8.42 Å². The number of sulfonamides is 1. The van der Waals surface area contributed by atoms with Crippen molar-refractivity contribution < 1.29 is 13.2 Å². The van der Waals surface area contributed by atoms with Gasteiger partial charge in [-0.05, 0) is 43.5 Å². The third kappa shape index (κ3) is 3.25. The van der Waals surface area contributed by atoms with Gasteiger partial charge in [-0.15, -0.1) is 0 Å². The Morgan fingerprint density at radius 3 is 2.85 bits per heavy atom. The Morgan fingerprint density at radius 2 is 2.20 bits per heavy atom. The number of halogens is 1. The van der Waals surface area contributed by atoms with Crippen molar-refractivity contribution in [1.82, 2.24) is 4.72 Å². The van der Waals surface area contributed by atoms with Gasteiger partial charge in [-0.25, -0.2) is 13.1 Å². The number of hydrogen-bond donors (Lipinski definition) is 2. The first-order chi connectivity index (χ1) is 9.47. The van der Waals surface area contributed by atoms with Gasteiger partial charge in [0.15, 0.2) is 0 Å². The molecule has 0 aliphatic heterocycles. The van der Waals surface area contributed by atoms with Crippen LogP contribution in [0.4, 0.5) is 0 Å². The molecule has 1 fully saturated rings. The summed E-state index contributed by atoms with van der Waals surface area (Å²) in [5.74, 6) is 0.471. The third-order valence-electron chi connectivity index (χ3n) is 3.68. The van der Waals surface area contributed by atoms with Crippen LogP contribution in [0.25, 0.3) is 0 Å². The largest absolute Gasteiger partial charge is 0.495 e. The van der Waals surface area contributed by atoms with Crippen LogP contribution in [0.3, 0.4) is 0 Å². The highest BCUT2D eigenvalue weighted by Gasteiger charge is 2.31. The molecule has 20 heavy (non-hydrogen) atoms. The molecule has 1 aromatic rings. The fraction of sp³-hybridized carbons (Fsp3) is 0.538. The van der Waals surface area contributed by atoms with Crippen LogP contribution in [0.5, 0.6) is 5.75 Å². The summed E-state index contributed by atoms with van der Waals surface area (Å²) in [6, 6.07) is 4.42.